The van der Waals surface area contributed by atoms with Crippen LogP contribution in [-0.4, -0.2) is 38.3 Å². The van der Waals surface area contributed by atoms with Gasteiger partial charge in [-0.1, -0.05) is 25.1 Å². The van der Waals surface area contributed by atoms with Gasteiger partial charge in [0.1, 0.15) is 5.82 Å². The summed E-state index contributed by atoms with van der Waals surface area (Å²) in [4.78, 5) is 13.2. The lowest BCUT2D eigenvalue weighted by Gasteiger charge is -2.32. The minimum atomic E-state index is -3.26. The fourth-order valence-electron chi connectivity index (χ4n) is 3.19. The highest BCUT2D eigenvalue weighted by Crippen LogP contribution is 2.37. The third kappa shape index (κ3) is 4.50. The van der Waals surface area contributed by atoms with Gasteiger partial charge < -0.3 is 9.31 Å². The highest BCUT2D eigenvalue weighted by molar-refractivity contribution is 7.90. The number of ketones is 1. The van der Waals surface area contributed by atoms with Crippen LogP contribution in [0.15, 0.2) is 42.5 Å². The Morgan fingerprint density at radius 2 is 1.57 bits per heavy atom. The maximum absolute atomic E-state index is 13.3. The molecular weight excluding hydrogens is 406 g/mol. The number of carbonyl (C=O) groups excluding carboxylic acids is 1. The Morgan fingerprint density at radius 1 is 1.00 bits per heavy atom. The summed E-state index contributed by atoms with van der Waals surface area (Å²) in [6.45, 7) is 9.20. The predicted molar refractivity (Wildman–Crippen MR) is 115 cm³/mol. The van der Waals surface area contributed by atoms with E-state index in [2.05, 4.69) is 0 Å². The third-order valence-corrected chi connectivity index (χ3v) is 7.45. The Labute approximate surface area is 177 Å². The zero-order valence-corrected chi connectivity index (χ0v) is 18.7. The van der Waals surface area contributed by atoms with Gasteiger partial charge in [-0.05, 0) is 63.0 Å². The Bertz CT molecular complexity index is 1050. The molecule has 0 aromatic heterocycles. The standard InChI is InChI=1S/C22H26BFO5S/c1-6-30(26,27)14-15-7-12-18(20(25)16-8-10-17(24)11-9-16)19(13-15)23-28-21(2,3)22(4,5)29-23/h7-13H,6,14H2,1-5H3. The first-order valence-electron chi connectivity index (χ1n) is 9.84. The molecule has 3 rings (SSSR count). The predicted octanol–water partition coefficient (Wildman–Crippen LogP) is 3.29. The van der Waals surface area contributed by atoms with Crippen LogP contribution in [0.4, 0.5) is 4.39 Å². The maximum Gasteiger partial charge on any atom is 0.495 e. The summed E-state index contributed by atoms with van der Waals surface area (Å²) >= 11 is 0. The molecule has 0 amide bonds. The van der Waals surface area contributed by atoms with E-state index in [9.17, 15) is 17.6 Å². The molecule has 30 heavy (non-hydrogen) atoms. The first-order valence-corrected chi connectivity index (χ1v) is 11.7. The lowest BCUT2D eigenvalue weighted by atomic mass is 9.73. The van der Waals surface area contributed by atoms with E-state index in [4.69, 9.17) is 9.31 Å². The molecule has 1 saturated heterocycles. The molecule has 1 aliphatic rings. The number of rotatable bonds is 6. The van der Waals surface area contributed by atoms with Crippen molar-refractivity contribution in [2.45, 2.75) is 51.6 Å². The Morgan fingerprint density at radius 3 is 2.10 bits per heavy atom. The van der Waals surface area contributed by atoms with Crippen molar-refractivity contribution < 1.29 is 26.9 Å². The summed E-state index contributed by atoms with van der Waals surface area (Å²) in [5, 5.41) is 0. The van der Waals surface area contributed by atoms with Gasteiger partial charge in [-0.2, -0.15) is 0 Å². The maximum atomic E-state index is 13.3. The molecule has 5 nitrogen and oxygen atoms in total. The largest absolute Gasteiger partial charge is 0.495 e. The van der Waals surface area contributed by atoms with Crippen molar-refractivity contribution in [2.75, 3.05) is 5.75 Å². The lowest BCUT2D eigenvalue weighted by molar-refractivity contribution is 0.00578. The molecule has 0 spiro atoms. The Hall–Kier alpha value is -2.03. The third-order valence-electron chi connectivity index (χ3n) is 5.80. The Kier molecular flexibility index (Phi) is 5.97. The van der Waals surface area contributed by atoms with Crippen molar-refractivity contribution in [3.05, 3.63) is 65.0 Å². The minimum absolute atomic E-state index is 0.0229. The van der Waals surface area contributed by atoms with Gasteiger partial charge in [0, 0.05) is 16.9 Å². The van der Waals surface area contributed by atoms with E-state index < -0.39 is 34.0 Å². The van der Waals surface area contributed by atoms with E-state index in [1.165, 1.54) is 24.3 Å². The SMILES string of the molecule is CCS(=O)(=O)Cc1ccc(C(=O)c2ccc(F)cc2)c(B2OC(C)(C)C(C)(C)O2)c1. The molecule has 0 radical (unpaired) electrons. The smallest absolute Gasteiger partial charge is 0.399 e. The number of carbonyl (C=O) groups is 1. The number of halogens is 1. The van der Waals surface area contributed by atoms with Crippen molar-refractivity contribution in [2.24, 2.45) is 0 Å². The summed E-state index contributed by atoms with van der Waals surface area (Å²) in [7, 11) is -4.09. The molecule has 0 unspecified atom stereocenters. The second kappa shape index (κ2) is 7.91. The van der Waals surface area contributed by atoms with E-state index in [1.54, 1.807) is 25.1 Å². The molecule has 1 fully saturated rings. The number of benzene rings is 2. The molecule has 8 heteroatoms. The van der Waals surface area contributed by atoms with Gasteiger partial charge >= 0.3 is 7.12 Å². The molecule has 0 saturated carbocycles. The Balaban J connectivity index is 2.08. The van der Waals surface area contributed by atoms with Crippen molar-refractivity contribution in [1.29, 1.82) is 0 Å². The number of hydrogen-bond donors (Lipinski definition) is 0. The van der Waals surface area contributed by atoms with Gasteiger partial charge in [-0.15, -0.1) is 0 Å². The van der Waals surface area contributed by atoms with Gasteiger partial charge in [0.05, 0.1) is 17.0 Å². The lowest BCUT2D eigenvalue weighted by Crippen LogP contribution is -2.41. The van der Waals surface area contributed by atoms with Crippen LogP contribution in [0.1, 0.15) is 56.1 Å². The summed E-state index contributed by atoms with van der Waals surface area (Å²) in [5.74, 6) is -0.863. The van der Waals surface area contributed by atoms with E-state index in [-0.39, 0.29) is 17.3 Å². The van der Waals surface area contributed by atoms with Crippen LogP contribution in [0, 0.1) is 5.82 Å². The molecule has 160 valence electrons. The van der Waals surface area contributed by atoms with Gasteiger partial charge in [0.25, 0.3) is 0 Å². The first kappa shape index (κ1) is 22.7. The van der Waals surface area contributed by atoms with Crippen LogP contribution in [-0.2, 0) is 24.9 Å². The monoisotopic (exact) mass is 432 g/mol. The second-order valence-corrected chi connectivity index (χ2v) is 10.9. The molecule has 0 N–H and O–H groups in total. The van der Waals surface area contributed by atoms with Crippen molar-refractivity contribution in [1.82, 2.24) is 0 Å². The fourth-order valence-corrected chi connectivity index (χ4v) is 4.08. The van der Waals surface area contributed by atoms with Gasteiger partial charge in [-0.3, -0.25) is 4.79 Å². The summed E-state index contributed by atoms with van der Waals surface area (Å²) in [6.07, 6.45) is 0. The average molecular weight is 432 g/mol. The van der Waals surface area contributed by atoms with Crippen LogP contribution in [0.5, 0.6) is 0 Å². The highest BCUT2D eigenvalue weighted by Gasteiger charge is 2.52. The van der Waals surface area contributed by atoms with E-state index >= 15 is 0 Å². The van der Waals surface area contributed by atoms with E-state index in [0.717, 1.165) is 0 Å². The van der Waals surface area contributed by atoms with Crippen LogP contribution in [0.3, 0.4) is 0 Å². The van der Waals surface area contributed by atoms with Crippen molar-refractivity contribution in [3.63, 3.8) is 0 Å². The van der Waals surface area contributed by atoms with Crippen LogP contribution < -0.4 is 5.46 Å². The van der Waals surface area contributed by atoms with E-state index in [0.29, 0.717) is 22.2 Å². The quantitative estimate of drug-likeness (QED) is 0.518. The number of hydrogen-bond acceptors (Lipinski definition) is 5. The molecule has 2 aromatic rings. The topological polar surface area (TPSA) is 69.7 Å². The fraction of sp³-hybridized carbons (Fsp3) is 0.409. The first-order chi connectivity index (χ1) is 13.9. The summed E-state index contributed by atoms with van der Waals surface area (Å²) in [6, 6.07) is 10.2. The molecule has 0 bridgehead atoms. The normalized spacial score (nSPS) is 17.9. The summed E-state index contributed by atoms with van der Waals surface area (Å²) in [5.41, 5.74) is 0.420. The molecule has 2 aromatic carbocycles. The van der Waals surface area contributed by atoms with Crippen LogP contribution in [0.2, 0.25) is 0 Å². The van der Waals surface area contributed by atoms with Crippen molar-refractivity contribution in [3.8, 4) is 0 Å². The van der Waals surface area contributed by atoms with Crippen LogP contribution >= 0.6 is 0 Å². The minimum Gasteiger partial charge on any atom is -0.399 e. The molecule has 1 heterocycles. The zero-order chi connectivity index (χ0) is 22.3. The van der Waals surface area contributed by atoms with E-state index in [1.807, 2.05) is 27.7 Å². The molecule has 0 aliphatic carbocycles. The summed E-state index contributed by atoms with van der Waals surface area (Å²) < 4.78 is 49.8. The highest BCUT2D eigenvalue weighted by atomic mass is 32.2. The second-order valence-electron chi connectivity index (χ2n) is 8.52. The van der Waals surface area contributed by atoms with Gasteiger partial charge in [0.15, 0.2) is 15.6 Å². The molecule has 1 aliphatic heterocycles. The zero-order valence-electron chi connectivity index (χ0n) is 17.9. The molecular formula is C22H26BFO5S. The van der Waals surface area contributed by atoms with Crippen molar-refractivity contribution >= 4 is 28.2 Å². The van der Waals surface area contributed by atoms with Gasteiger partial charge in [0.2, 0.25) is 0 Å². The average Bonchev–Trinajstić information content (AvgIpc) is 2.89. The molecule has 0 atom stereocenters. The number of sulfone groups is 1. The van der Waals surface area contributed by atoms with Gasteiger partial charge in [-0.25, -0.2) is 12.8 Å². The van der Waals surface area contributed by atoms with Crippen LogP contribution in [0.25, 0.3) is 0 Å².